The molecule has 23 nitrogen and oxygen atoms in total. The van der Waals surface area contributed by atoms with Gasteiger partial charge in [0.2, 0.25) is 47.3 Å². The zero-order valence-electron chi connectivity index (χ0n) is 42.4. The van der Waals surface area contributed by atoms with E-state index in [0.29, 0.717) is 19.1 Å². The molecule has 3 aromatic carbocycles. The highest BCUT2D eigenvalue weighted by molar-refractivity contribution is 5.97. The molecule has 1 aliphatic carbocycles. The van der Waals surface area contributed by atoms with Crippen LogP contribution in [0.4, 0.5) is 4.79 Å². The minimum absolute atomic E-state index is 0.0233. The predicted octanol–water partition coefficient (Wildman–Crippen LogP) is 0.658. The quantitative estimate of drug-likeness (QED) is 0.0387. The van der Waals surface area contributed by atoms with Crippen LogP contribution in [0.3, 0.4) is 0 Å². The summed E-state index contributed by atoms with van der Waals surface area (Å²) in [5, 5.41) is 30.1. The van der Waals surface area contributed by atoms with Crippen molar-refractivity contribution >= 4 is 76.5 Å². The number of aliphatic carboxylic acids is 1. The van der Waals surface area contributed by atoms with Gasteiger partial charge >= 0.3 is 12.1 Å². The standard InChI is InChI=1S/C53H64N10O13/c1-4-30(2)47(52(74)59-31(3)48(70)56-26-43(65)60-41(50(72)54-21-23-64)24-32-25-55-39-17-10-9-12-33(32)39)62-44(66)27-57-49(71)40(19-20-46(68)69)61-51(73)42-18-11-22-63(42)45(67)28-58-53(75)76-29-38-36-15-7-5-13-34(36)35-14-6-8-16-37(35)38/h5-10,12-17,23,25,30-31,38,40-42,47,55H,4,11,18-22,24,26-29H2,1-3H3,(H,54,72)(H,56,70)(H,57,71)(H,58,75)(H,59,74)(H,60,65)(H,61,73)(H,62,66)(H,68,69)/t30-,31-,40-,41-,42-,47-/m0/s1. The summed E-state index contributed by atoms with van der Waals surface area (Å²) in [4.78, 5) is 146. The fourth-order valence-corrected chi connectivity index (χ4v) is 9.19. The number of nitrogens with zero attached hydrogens (tertiary/aromatic N) is 1. The summed E-state index contributed by atoms with van der Waals surface area (Å²) in [5.41, 5.74) is 5.66. The second kappa shape index (κ2) is 27.1. The SMILES string of the molecule is CC[C@H](C)[C@H](NC(=O)CNC(=O)[C@H](CCC(=O)O)NC(=O)[C@@H]1CCCN1C(=O)CNC(=O)OCC1c2ccccc2-c2ccccc21)C(=O)N[C@@H](C)C(=O)NCC(=O)N[C@@H](Cc1c[nH]c2ccccc12)C(=O)NCC=O. The third-order valence-corrected chi connectivity index (χ3v) is 13.4. The van der Waals surface area contributed by atoms with Gasteiger partial charge in [-0.2, -0.15) is 0 Å². The number of ether oxygens (including phenoxy) is 1. The Bertz CT molecular complexity index is 2770. The highest BCUT2D eigenvalue weighted by Crippen LogP contribution is 2.44. The van der Waals surface area contributed by atoms with Crippen molar-refractivity contribution in [2.24, 2.45) is 5.92 Å². The van der Waals surface area contributed by atoms with Gasteiger partial charge in [-0.05, 0) is 66.0 Å². The smallest absolute Gasteiger partial charge is 0.407 e. The molecule has 2 heterocycles. The van der Waals surface area contributed by atoms with Crippen LogP contribution in [0.15, 0.2) is 79.0 Å². The summed E-state index contributed by atoms with van der Waals surface area (Å²) in [7, 11) is 0. The molecule has 9 amide bonds. The lowest BCUT2D eigenvalue weighted by molar-refractivity contribution is -0.140. The molecular weight excluding hydrogens is 985 g/mol. The molecule has 1 saturated heterocycles. The molecule has 1 aromatic heterocycles. The van der Waals surface area contributed by atoms with Crippen LogP contribution in [0, 0.1) is 5.92 Å². The number of fused-ring (bicyclic) bond motifs is 4. The van der Waals surface area contributed by atoms with E-state index in [0.717, 1.165) is 38.7 Å². The summed E-state index contributed by atoms with van der Waals surface area (Å²) < 4.78 is 5.54. The molecule has 6 rings (SSSR count). The van der Waals surface area contributed by atoms with Gasteiger partial charge in [0.05, 0.1) is 19.6 Å². The monoisotopic (exact) mass is 1050 g/mol. The molecular formula is C53H64N10O13. The van der Waals surface area contributed by atoms with Crippen molar-refractivity contribution in [1.29, 1.82) is 0 Å². The van der Waals surface area contributed by atoms with Gasteiger partial charge in [0.25, 0.3) is 0 Å². The number of para-hydroxylation sites is 1. The molecule has 0 saturated carbocycles. The van der Waals surface area contributed by atoms with Crippen LogP contribution in [-0.4, -0.2) is 150 Å². The van der Waals surface area contributed by atoms with Crippen LogP contribution in [0.1, 0.15) is 75.5 Å². The van der Waals surface area contributed by atoms with E-state index < -0.39 is 122 Å². The van der Waals surface area contributed by atoms with Crippen molar-refractivity contribution in [1.82, 2.24) is 52.4 Å². The van der Waals surface area contributed by atoms with Crippen molar-refractivity contribution in [2.45, 2.75) is 95.4 Å². The van der Waals surface area contributed by atoms with Crippen LogP contribution >= 0.6 is 0 Å². The molecule has 2 aliphatic rings. The van der Waals surface area contributed by atoms with Gasteiger partial charge < -0.3 is 67.1 Å². The zero-order valence-corrected chi connectivity index (χ0v) is 42.4. The molecule has 0 radical (unpaired) electrons. The van der Waals surface area contributed by atoms with Crippen molar-refractivity contribution in [3.05, 3.63) is 95.7 Å². The number of aromatic nitrogens is 1. The average molecular weight is 1050 g/mol. The first-order valence-corrected chi connectivity index (χ1v) is 25.1. The van der Waals surface area contributed by atoms with Crippen molar-refractivity contribution in [3.63, 3.8) is 0 Å². The van der Waals surface area contributed by atoms with Gasteiger partial charge in [-0.3, -0.25) is 43.2 Å². The number of carboxylic acid groups (broad SMARTS) is 1. The maximum absolute atomic E-state index is 13.6. The van der Waals surface area contributed by atoms with E-state index in [1.807, 2.05) is 72.8 Å². The van der Waals surface area contributed by atoms with Crippen molar-refractivity contribution < 1.29 is 62.6 Å². The third-order valence-electron chi connectivity index (χ3n) is 13.4. The van der Waals surface area contributed by atoms with E-state index in [-0.39, 0.29) is 44.9 Å². The van der Waals surface area contributed by atoms with Crippen molar-refractivity contribution in [2.75, 3.05) is 39.3 Å². The van der Waals surface area contributed by atoms with Crippen LogP contribution in [0.5, 0.6) is 0 Å². The van der Waals surface area contributed by atoms with E-state index in [9.17, 15) is 57.8 Å². The van der Waals surface area contributed by atoms with Gasteiger partial charge in [-0.1, -0.05) is 87.0 Å². The van der Waals surface area contributed by atoms with Gasteiger partial charge in [-0.25, -0.2) is 4.79 Å². The Balaban J connectivity index is 0.958. The van der Waals surface area contributed by atoms with Gasteiger partial charge in [0, 0.05) is 42.4 Å². The number of aromatic amines is 1. The molecule has 23 heteroatoms. The first-order valence-electron chi connectivity index (χ1n) is 25.1. The molecule has 0 bridgehead atoms. The lowest BCUT2D eigenvalue weighted by Crippen LogP contribution is -2.57. The van der Waals surface area contributed by atoms with E-state index in [2.05, 4.69) is 47.5 Å². The minimum atomic E-state index is -1.45. The third kappa shape index (κ3) is 15.0. The van der Waals surface area contributed by atoms with E-state index in [4.69, 9.17) is 4.74 Å². The molecule has 76 heavy (non-hydrogen) atoms. The molecule has 404 valence electrons. The number of amides is 9. The lowest BCUT2D eigenvalue weighted by Gasteiger charge is -2.27. The highest BCUT2D eigenvalue weighted by Gasteiger charge is 2.37. The Kier molecular flexibility index (Phi) is 20.2. The lowest BCUT2D eigenvalue weighted by atomic mass is 9.98. The first-order chi connectivity index (χ1) is 36.5. The average Bonchev–Trinajstić information content (AvgIpc) is 4.16. The maximum Gasteiger partial charge on any atom is 0.407 e. The Morgan fingerprint density at radius 3 is 2.04 bits per heavy atom. The van der Waals surface area contributed by atoms with Crippen molar-refractivity contribution in [3.8, 4) is 11.1 Å². The molecule has 1 fully saturated rings. The molecule has 6 atom stereocenters. The Morgan fingerprint density at radius 1 is 0.737 bits per heavy atom. The van der Waals surface area contributed by atoms with Gasteiger partial charge in [0.1, 0.15) is 49.6 Å². The molecule has 1 aliphatic heterocycles. The Labute approximate surface area is 437 Å². The van der Waals surface area contributed by atoms with Crippen LogP contribution in [-0.2, 0) is 59.1 Å². The molecule has 0 spiro atoms. The van der Waals surface area contributed by atoms with E-state index in [1.165, 1.54) is 11.8 Å². The number of aldehydes is 1. The summed E-state index contributed by atoms with van der Waals surface area (Å²) in [6, 6.07) is 17.0. The van der Waals surface area contributed by atoms with Crippen LogP contribution in [0.25, 0.3) is 22.0 Å². The number of alkyl carbamates (subject to hydrolysis) is 1. The second-order valence-electron chi connectivity index (χ2n) is 18.6. The summed E-state index contributed by atoms with van der Waals surface area (Å²) >= 11 is 0. The minimum Gasteiger partial charge on any atom is -0.481 e. The number of carbonyl (C=O) groups is 11. The van der Waals surface area contributed by atoms with E-state index >= 15 is 0 Å². The maximum atomic E-state index is 13.6. The molecule has 10 N–H and O–H groups in total. The van der Waals surface area contributed by atoms with Gasteiger partial charge in [0.15, 0.2) is 0 Å². The largest absolute Gasteiger partial charge is 0.481 e. The number of hydrogen-bond donors (Lipinski definition) is 10. The topological polar surface area (TPSA) is 332 Å². The fourth-order valence-electron chi connectivity index (χ4n) is 9.19. The first kappa shape index (κ1) is 56.7. The molecule has 4 aromatic rings. The van der Waals surface area contributed by atoms with Crippen LogP contribution < -0.4 is 42.5 Å². The van der Waals surface area contributed by atoms with Crippen LogP contribution in [0.2, 0.25) is 0 Å². The number of nitrogens with one attached hydrogen (secondary N) is 9. The number of hydrogen-bond acceptors (Lipinski definition) is 12. The normalized spacial score (nSPS) is 15.5. The Morgan fingerprint density at radius 2 is 1.37 bits per heavy atom. The number of H-pyrrole nitrogens is 1. The number of carbonyl (C=O) groups excluding carboxylic acids is 10. The zero-order chi connectivity index (χ0) is 54.9. The molecule has 0 unspecified atom stereocenters. The highest BCUT2D eigenvalue weighted by atomic mass is 16.5. The summed E-state index contributed by atoms with van der Waals surface area (Å²) in [6.07, 6.45) is 1.54. The van der Waals surface area contributed by atoms with E-state index in [1.54, 1.807) is 20.0 Å². The summed E-state index contributed by atoms with van der Waals surface area (Å²) in [6.45, 7) is 2.92. The Hall–Kier alpha value is -8.63. The predicted molar refractivity (Wildman–Crippen MR) is 275 cm³/mol. The summed E-state index contributed by atoms with van der Waals surface area (Å²) in [5.74, 6) is -7.93. The number of likely N-dealkylation sites (tertiary alicyclic amines) is 1. The number of rotatable bonds is 26. The fraction of sp³-hybridized carbons (Fsp3) is 0.415. The second-order valence-corrected chi connectivity index (χ2v) is 18.6. The number of benzene rings is 3. The number of carboxylic acids is 1. The van der Waals surface area contributed by atoms with Gasteiger partial charge in [-0.15, -0.1) is 0 Å².